The SMILES string of the molecule is O=C(COc1ccc2ccc(=O)oc2c1)NCc1ccccc1Cl. The van der Waals surface area contributed by atoms with E-state index >= 15 is 0 Å². The van der Waals surface area contributed by atoms with Crippen LogP contribution in [-0.2, 0) is 11.3 Å². The molecule has 0 atom stereocenters. The number of hydrogen-bond acceptors (Lipinski definition) is 4. The number of fused-ring (bicyclic) bond motifs is 1. The molecule has 1 amide bonds. The van der Waals surface area contributed by atoms with E-state index in [1.54, 1.807) is 30.3 Å². The fourth-order valence-corrected chi connectivity index (χ4v) is 2.37. The van der Waals surface area contributed by atoms with Gasteiger partial charge in [0.1, 0.15) is 11.3 Å². The highest BCUT2D eigenvalue weighted by Gasteiger charge is 2.06. The predicted octanol–water partition coefficient (Wildman–Crippen LogP) is 3.14. The third-order valence-corrected chi connectivity index (χ3v) is 3.77. The molecule has 0 radical (unpaired) electrons. The molecule has 0 unspecified atom stereocenters. The first-order valence-corrected chi connectivity index (χ1v) is 7.66. The molecule has 1 aromatic heterocycles. The molecule has 0 saturated carbocycles. The van der Waals surface area contributed by atoms with Crippen molar-refractivity contribution in [1.82, 2.24) is 5.32 Å². The van der Waals surface area contributed by atoms with E-state index in [2.05, 4.69) is 5.32 Å². The van der Waals surface area contributed by atoms with Gasteiger partial charge in [-0.2, -0.15) is 0 Å². The number of amides is 1. The minimum absolute atomic E-state index is 0.146. The van der Waals surface area contributed by atoms with E-state index in [4.69, 9.17) is 20.8 Å². The van der Waals surface area contributed by atoms with Gasteiger partial charge in [-0.3, -0.25) is 4.79 Å². The van der Waals surface area contributed by atoms with Gasteiger partial charge in [-0.15, -0.1) is 0 Å². The molecule has 0 aliphatic carbocycles. The van der Waals surface area contributed by atoms with Crippen LogP contribution in [0.3, 0.4) is 0 Å². The van der Waals surface area contributed by atoms with Crippen LogP contribution < -0.4 is 15.7 Å². The van der Waals surface area contributed by atoms with Crippen LogP contribution in [0.1, 0.15) is 5.56 Å². The van der Waals surface area contributed by atoms with Crippen molar-refractivity contribution in [2.24, 2.45) is 0 Å². The van der Waals surface area contributed by atoms with Crippen molar-refractivity contribution in [1.29, 1.82) is 0 Å². The van der Waals surface area contributed by atoms with Gasteiger partial charge in [-0.25, -0.2) is 4.79 Å². The topological polar surface area (TPSA) is 68.5 Å². The molecular weight excluding hydrogens is 330 g/mol. The van der Waals surface area contributed by atoms with E-state index in [0.717, 1.165) is 10.9 Å². The molecular formula is C18H14ClNO4. The van der Waals surface area contributed by atoms with Crippen LogP contribution in [0.25, 0.3) is 11.0 Å². The fraction of sp³-hybridized carbons (Fsp3) is 0.111. The lowest BCUT2D eigenvalue weighted by Gasteiger charge is -2.09. The molecule has 1 N–H and O–H groups in total. The smallest absolute Gasteiger partial charge is 0.336 e. The number of nitrogens with one attached hydrogen (secondary N) is 1. The lowest BCUT2D eigenvalue weighted by molar-refractivity contribution is -0.123. The van der Waals surface area contributed by atoms with Gasteiger partial charge in [0.05, 0.1) is 0 Å². The van der Waals surface area contributed by atoms with Gasteiger partial charge in [0.2, 0.25) is 0 Å². The highest BCUT2D eigenvalue weighted by Crippen LogP contribution is 2.19. The second kappa shape index (κ2) is 7.19. The average molecular weight is 344 g/mol. The number of benzene rings is 2. The van der Waals surface area contributed by atoms with Gasteiger partial charge < -0.3 is 14.5 Å². The molecule has 6 heteroatoms. The molecule has 24 heavy (non-hydrogen) atoms. The minimum atomic E-state index is -0.433. The van der Waals surface area contributed by atoms with Crippen LogP contribution in [0.15, 0.2) is 63.8 Å². The summed E-state index contributed by atoms with van der Waals surface area (Å²) in [5.41, 5.74) is 0.814. The zero-order chi connectivity index (χ0) is 16.9. The van der Waals surface area contributed by atoms with Crippen LogP contribution in [0.2, 0.25) is 5.02 Å². The third-order valence-electron chi connectivity index (χ3n) is 3.40. The Morgan fingerprint density at radius 2 is 1.92 bits per heavy atom. The van der Waals surface area contributed by atoms with Crippen molar-refractivity contribution in [2.75, 3.05) is 6.61 Å². The normalized spacial score (nSPS) is 10.5. The Balaban J connectivity index is 1.58. The Kier molecular flexibility index (Phi) is 4.82. The summed E-state index contributed by atoms with van der Waals surface area (Å²) in [6.07, 6.45) is 0. The Bertz CT molecular complexity index is 935. The first-order valence-electron chi connectivity index (χ1n) is 7.29. The number of halogens is 1. The maximum absolute atomic E-state index is 11.9. The van der Waals surface area contributed by atoms with Crippen molar-refractivity contribution >= 4 is 28.5 Å². The van der Waals surface area contributed by atoms with Crippen LogP contribution in [0.5, 0.6) is 5.75 Å². The Labute approximate surface area is 142 Å². The number of ether oxygens (including phenoxy) is 1. The number of carbonyl (C=O) groups excluding carboxylic acids is 1. The quantitative estimate of drug-likeness (QED) is 0.723. The van der Waals surface area contributed by atoms with E-state index in [1.165, 1.54) is 6.07 Å². The van der Waals surface area contributed by atoms with Gasteiger partial charge in [0.15, 0.2) is 6.61 Å². The molecule has 0 aliphatic rings. The van der Waals surface area contributed by atoms with Gasteiger partial charge in [-0.05, 0) is 29.8 Å². The van der Waals surface area contributed by atoms with E-state index in [9.17, 15) is 9.59 Å². The van der Waals surface area contributed by atoms with Crippen molar-refractivity contribution in [3.63, 3.8) is 0 Å². The molecule has 2 aromatic carbocycles. The molecule has 0 fully saturated rings. The van der Waals surface area contributed by atoms with Crippen LogP contribution in [-0.4, -0.2) is 12.5 Å². The summed E-state index contributed by atoms with van der Waals surface area (Å²) in [7, 11) is 0. The zero-order valence-corrected chi connectivity index (χ0v) is 13.4. The van der Waals surface area contributed by atoms with Gasteiger partial charge >= 0.3 is 5.63 Å². The van der Waals surface area contributed by atoms with E-state index in [-0.39, 0.29) is 12.5 Å². The van der Waals surface area contributed by atoms with Crippen LogP contribution >= 0.6 is 11.6 Å². The largest absolute Gasteiger partial charge is 0.484 e. The minimum Gasteiger partial charge on any atom is -0.484 e. The molecule has 0 aliphatic heterocycles. The van der Waals surface area contributed by atoms with Crippen molar-refractivity contribution in [2.45, 2.75) is 6.54 Å². The summed E-state index contributed by atoms with van der Waals surface area (Å²) < 4.78 is 10.5. The number of rotatable bonds is 5. The molecule has 0 saturated heterocycles. The second-order valence-corrected chi connectivity index (χ2v) is 5.52. The van der Waals surface area contributed by atoms with Gasteiger partial charge in [0, 0.05) is 29.1 Å². The zero-order valence-electron chi connectivity index (χ0n) is 12.6. The first-order chi connectivity index (χ1) is 11.6. The van der Waals surface area contributed by atoms with Crippen molar-refractivity contribution in [3.05, 3.63) is 75.6 Å². The molecule has 1 heterocycles. The fourth-order valence-electron chi connectivity index (χ4n) is 2.17. The molecule has 3 rings (SSSR count). The lowest BCUT2D eigenvalue weighted by Crippen LogP contribution is -2.28. The Morgan fingerprint density at radius 1 is 1.12 bits per heavy atom. The summed E-state index contributed by atoms with van der Waals surface area (Å²) in [6.45, 7) is 0.182. The highest BCUT2D eigenvalue weighted by atomic mass is 35.5. The number of hydrogen-bond donors (Lipinski definition) is 1. The average Bonchev–Trinajstić information content (AvgIpc) is 2.59. The standard InChI is InChI=1S/C18H14ClNO4/c19-15-4-2-1-3-13(15)10-20-17(21)11-23-14-7-5-12-6-8-18(22)24-16(12)9-14/h1-9H,10-11H2,(H,20,21). The van der Waals surface area contributed by atoms with Crippen LogP contribution in [0, 0.1) is 0 Å². The maximum Gasteiger partial charge on any atom is 0.336 e. The molecule has 3 aromatic rings. The Hall–Kier alpha value is -2.79. The molecule has 5 nitrogen and oxygen atoms in total. The monoisotopic (exact) mass is 343 g/mol. The van der Waals surface area contributed by atoms with E-state index in [0.29, 0.717) is 22.9 Å². The number of carbonyl (C=O) groups is 1. The van der Waals surface area contributed by atoms with Crippen molar-refractivity contribution < 1.29 is 13.9 Å². The lowest BCUT2D eigenvalue weighted by atomic mass is 10.2. The molecule has 0 spiro atoms. The highest BCUT2D eigenvalue weighted by molar-refractivity contribution is 6.31. The summed E-state index contributed by atoms with van der Waals surface area (Å²) in [5, 5.41) is 4.12. The first kappa shape index (κ1) is 16.1. The molecule has 0 bridgehead atoms. The van der Waals surface area contributed by atoms with Crippen molar-refractivity contribution in [3.8, 4) is 5.75 Å². The van der Waals surface area contributed by atoms with Gasteiger partial charge in [0.25, 0.3) is 5.91 Å². The summed E-state index contributed by atoms with van der Waals surface area (Å²) in [6, 6.07) is 15.4. The maximum atomic E-state index is 11.9. The molecule has 122 valence electrons. The van der Waals surface area contributed by atoms with Gasteiger partial charge in [-0.1, -0.05) is 29.8 Å². The summed E-state index contributed by atoms with van der Waals surface area (Å²) in [5.74, 6) is 0.175. The second-order valence-electron chi connectivity index (χ2n) is 5.11. The van der Waals surface area contributed by atoms with Crippen LogP contribution in [0.4, 0.5) is 0 Å². The summed E-state index contributed by atoms with van der Waals surface area (Å²) in [4.78, 5) is 23.1. The predicted molar refractivity (Wildman–Crippen MR) is 91.3 cm³/mol. The van der Waals surface area contributed by atoms with E-state index in [1.807, 2.05) is 18.2 Å². The Morgan fingerprint density at radius 3 is 2.75 bits per heavy atom. The summed E-state index contributed by atoms with van der Waals surface area (Å²) >= 11 is 6.03. The van der Waals surface area contributed by atoms with E-state index < -0.39 is 5.63 Å². The third kappa shape index (κ3) is 3.94.